The molecule has 1 aliphatic heterocycles. The number of amides is 2. The van der Waals surface area contributed by atoms with Gasteiger partial charge in [-0.3, -0.25) is 14.3 Å². The summed E-state index contributed by atoms with van der Waals surface area (Å²) in [5, 5.41) is 2.30. The second-order valence-corrected chi connectivity index (χ2v) is 9.38. The molecule has 0 saturated carbocycles. The molecule has 4 rings (SSSR count). The standard InChI is InChI=1S/C24H22FN3O4S/c1-16(29)26-22-11-10-20(15-21(22)25)33(31,32)27-19-9-12-23-18(14-19)8-5-13-28(23)24(30)17-6-3-2-4-7-17/h2-4,6-7,9-12,14-15,27H,5,8,13H2,1H3,(H,26,29). The molecule has 0 bridgehead atoms. The lowest BCUT2D eigenvalue weighted by Crippen LogP contribution is -2.35. The van der Waals surface area contributed by atoms with Crippen LogP contribution in [0, 0.1) is 5.82 Å². The number of rotatable bonds is 5. The van der Waals surface area contributed by atoms with Crippen LogP contribution < -0.4 is 14.9 Å². The first kappa shape index (κ1) is 22.5. The SMILES string of the molecule is CC(=O)Nc1ccc(S(=O)(=O)Nc2ccc3c(c2)CCCN3C(=O)c2ccccc2)cc1F. The molecule has 33 heavy (non-hydrogen) atoms. The van der Waals surface area contributed by atoms with Gasteiger partial charge in [0.15, 0.2) is 0 Å². The largest absolute Gasteiger partial charge is 0.324 e. The van der Waals surface area contributed by atoms with Crippen LogP contribution in [-0.2, 0) is 21.2 Å². The first-order valence-corrected chi connectivity index (χ1v) is 11.8. The number of nitrogens with zero attached hydrogens (tertiary/aromatic N) is 1. The predicted molar refractivity (Wildman–Crippen MR) is 124 cm³/mol. The molecule has 0 saturated heterocycles. The Morgan fingerprint density at radius 3 is 2.45 bits per heavy atom. The van der Waals surface area contributed by atoms with Crippen LogP contribution in [-0.4, -0.2) is 26.8 Å². The molecule has 3 aromatic rings. The van der Waals surface area contributed by atoms with Gasteiger partial charge in [0.05, 0.1) is 10.6 Å². The lowest BCUT2D eigenvalue weighted by molar-refractivity contribution is -0.114. The second-order valence-electron chi connectivity index (χ2n) is 7.70. The van der Waals surface area contributed by atoms with Crippen molar-refractivity contribution in [2.24, 2.45) is 0 Å². The Balaban J connectivity index is 1.57. The van der Waals surface area contributed by atoms with E-state index in [-0.39, 0.29) is 16.5 Å². The monoisotopic (exact) mass is 467 g/mol. The Labute approximate surface area is 191 Å². The summed E-state index contributed by atoms with van der Waals surface area (Å²) in [5.74, 6) is -1.43. The minimum Gasteiger partial charge on any atom is -0.324 e. The molecule has 0 unspecified atom stereocenters. The van der Waals surface area contributed by atoms with Crippen molar-refractivity contribution in [3.05, 3.63) is 83.7 Å². The maximum atomic E-state index is 14.2. The third-order valence-electron chi connectivity index (χ3n) is 5.28. The van der Waals surface area contributed by atoms with E-state index in [1.165, 1.54) is 19.1 Å². The van der Waals surface area contributed by atoms with Gasteiger partial charge in [-0.1, -0.05) is 18.2 Å². The van der Waals surface area contributed by atoms with Gasteiger partial charge in [-0.05, 0) is 66.9 Å². The van der Waals surface area contributed by atoms with Gasteiger partial charge in [0, 0.05) is 30.4 Å². The third-order valence-corrected chi connectivity index (χ3v) is 6.66. The topological polar surface area (TPSA) is 95.6 Å². The first-order valence-electron chi connectivity index (χ1n) is 10.3. The summed E-state index contributed by atoms with van der Waals surface area (Å²) in [6.45, 7) is 1.81. The summed E-state index contributed by atoms with van der Waals surface area (Å²) >= 11 is 0. The molecule has 1 heterocycles. The number of aryl methyl sites for hydroxylation is 1. The normalized spacial score (nSPS) is 13.2. The minimum absolute atomic E-state index is 0.0987. The third kappa shape index (κ3) is 4.88. The molecule has 0 atom stereocenters. The van der Waals surface area contributed by atoms with Gasteiger partial charge in [0.25, 0.3) is 15.9 Å². The zero-order chi connectivity index (χ0) is 23.6. The lowest BCUT2D eigenvalue weighted by Gasteiger charge is -2.30. The van der Waals surface area contributed by atoms with E-state index < -0.39 is 21.7 Å². The minimum atomic E-state index is -4.06. The van der Waals surface area contributed by atoms with Crippen molar-refractivity contribution in [3.63, 3.8) is 0 Å². The van der Waals surface area contributed by atoms with Gasteiger partial charge in [0.1, 0.15) is 5.82 Å². The quantitative estimate of drug-likeness (QED) is 0.589. The zero-order valence-corrected chi connectivity index (χ0v) is 18.7. The van der Waals surface area contributed by atoms with Crippen molar-refractivity contribution in [2.45, 2.75) is 24.7 Å². The number of halogens is 1. The van der Waals surface area contributed by atoms with Gasteiger partial charge >= 0.3 is 0 Å². The molecule has 7 nitrogen and oxygen atoms in total. The summed E-state index contributed by atoms with van der Waals surface area (Å²) in [7, 11) is -4.06. The van der Waals surface area contributed by atoms with Crippen LogP contribution in [0.1, 0.15) is 29.3 Å². The maximum absolute atomic E-state index is 14.2. The summed E-state index contributed by atoms with van der Waals surface area (Å²) < 4.78 is 42.2. The molecule has 3 aromatic carbocycles. The number of benzene rings is 3. The number of anilines is 3. The van der Waals surface area contributed by atoms with Crippen molar-refractivity contribution < 1.29 is 22.4 Å². The van der Waals surface area contributed by atoms with Gasteiger partial charge < -0.3 is 10.2 Å². The van der Waals surface area contributed by atoms with Crippen molar-refractivity contribution in [1.29, 1.82) is 0 Å². The van der Waals surface area contributed by atoms with Crippen LogP contribution in [0.5, 0.6) is 0 Å². The van der Waals surface area contributed by atoms with Crippen LogP contribution in [0.4, 0.5) is 21.5 Å². The predicted octanol–water partition coefficient (Wildman–Crippen LogP) is 4.18. The molecule has 2 N–H and O–H groups in total. The van der Waals surface area contributed by atoms with Crippen molar-refractivity contribution >= 4 is 38.9 Å². The molecule has 9 heteroatoms. The highest BCUT2D eigenvalue weighted by molar-refractivity contribution is 7.92. The highest BCUT2D eigenvalue weighted by Crippen LogP contribution is 2.32. The smallest absolute Gasteiger partial charge is 0.261 e. The number of hydrogen-bond donors (Lipinski definition) is 2. The fourth-order valence-electron chi connectivity index (χ4n) is 3.78. The number of hydrogen-bond acceptors (Lipinski definition) is 4. The molecule has 0 aromatic heterocycles. The van der Waals surface area contributed by atoms with Gasteiger partial charge in [0.2, 0.25) is 5.91 Å². The summed E-state index contributed by atoms with van der Waals surface area (Å²) in [6.07, 6.45) is 1.45. The molecule has 0 radical (unpaired) electrons. The number of carbonyl (C=O) groups is 2. The number of sulfonamides is 1. The molecule has 0 spiro atoms. The molecular formula is C24H22FN3O4S. The summed E-state index contributed by atoms with van der Waals surface area (Å²) in [4.78, 5) is 25.5. The summed E-state index contributed by atoms with van der Waals surface area (Å²) in [6, 6.07) is 17.2. The number of carbonyl (C=O) groups excluding carboxylic acids is 2. The Bertz CT molecular complexity index is 1330. The van der Waals surface area contributed by atoms with E-state index in [0.717, 1.165) is 23.7 Å². The average Bonchev–Trinajstić information content (AvgIpc) is 2.79. The van der Waals surface area contributed by atoms with E-state index in [1.807, 2.05) is 18.2 Å². The van der Waals surface area contributed by atoms with Gasteiger partial charge in [-0.25, -0.2) is 12.8 Å². The second kappa shape index (κ2) is 9.03. The zero-order valence-electron chi connectivity index (χ0n) is 17.8. The lowest BCUT2D eigenvalue weighted by atomic mass is 10.00. The molecule has 0 aliphatic carbocycles. The first-order chi connectivity index (χ1) is 15.7. The van der Waals surface area contributed by atoms with Crippen LogP contribution in [0.3, 0.4) is 0 Å². The van der Waals surface area contributed by atoms with E-state index in [4.69, 9.17) is 0 Å². The van der Waals surface area contributed by atoms with E-state index in [2.05, 4.69) is 10.0 Å². The van der Waals surface area contributed by atoms with E-state index in [0.29, 0.717) is 24.2 Å². The molecule has 170 valence electrons. The van der Waals surface area contributed by atoms with Crippen LogP contribution in [0.15, 0.2) is 71.6 Å². The van der Waals surface area contributed by atoms with Gasteiger partial charge in [-0.2, -0.15) is 0 Å². The van der Waals surface area contributed by atoms with Crippen LogP contribution >= 0.6 is 0 Å². The molecular weight excluding hydrogens is 445 g/mol. The maximum Gasteiger partial charge on any atom is 0.261 e. The van der Waals surface area contributed by atoms with Crippen molar-refractivity contribution in [2.75, 3.05) is 21.5 Å². The fraction of sp³-hybridized carbons (Fsp3) is 0.167. The Morgan fingerprint density at radius 2 is 1.76 bits per heavy atom. The Hall–Kier alpha value is -3.72. The number of nitrogens with one attached hydrogen (secondary N) is 2. The molecule has 2 amide bonds. The van der Waals surface area contributed by atoms with Crippen LogP contribution in [0.2, 0.25) is 0 Å². The molecule has 0 fully saturated rings. The highest BCUT2D eigenvalue weighted by Gasteiger charge is 2.24. The van der Waals surface area contributed by atoms with Crippen molar-refractivity contribution in [3.8, 4) is 0 Å². The summed E-state index contributed by atoms with van der Waals surface area (Å²) in [5.41, 5.74) is 2.38. The highest BCUT2D eigenvalue weighted by atomic mass is 32.2. The van der Waals surface area contributed by atoms with Crippen LogP contribution in [0.25, 0.3) is 0 Å². The van der Waals surface area contributed by atoms with E-state index in [1.54, 1.807) is 35.2 Å². The average molecular weight is 468 g/mol. The molecule has 1 aliphatic rings. The Kier molecular flexibility index (Phi) is 6.15. The Morgan fingerprint density at radius 1 is 1.00 bits per heavy atom. The van der Waals surface area contributed by atoms with Crippen molar-refractivity contribution in [1.82, 2.24) is 0 Å². The van der Waals surface area contributed by atoms with Gasteiger partial charge in [-0.15, -0.1) is 0 Å². The number of fused-ring (bicyclic) bond motifs is 1. The van der Waals surface area contributed by atoms with E-state index >= 15 is 0 Å². The van der Waals surface area contributed by atoms with E-state index in [9.17, 15) is 22.4 Å². The fourth-order valence-corrected chi connectivity index (χ4v) is 4.84.